The lowest BCUT2D eigenvalue weighted by molar-refractivity contribution is 0.557. The van der Waals surface area contributed by atoms with Crippen LogP contribution in [0.1, 0.15) is 11.3 Å². The van der Waals surface area contributed by atoms with Crippen LogP contribution in [0.25, 0.3) is 11.0 Å². The standard InChI is InChI=1S/C15H12N2O3/c1-10-8-13(18)20-12-5-7-17(15(19)14(10)12)9-11-4-2-3-6-16-11/h2-8H,9H2,1H3. The third kappa shape index (κ3) is 2.14. The van der Waals surface area contributed by atoms with Gasteiger partial charge in [-0.2, -0.15) is 0 Å². The van der Waals surface area contributed by atoms with Crippen LogP contribution in [-0.2, 0) is 6.54 Å². The quantitative estimate of drug-likeness (QED) is 0.709. The van der Waals surface area contributed by atoms with Crippen molar-refractivity contribution in [2.45, 2.75) is 13.5 Å². The zero-order valence-corrected chi connectivity index (χ0v) is 10.9. The van der Waals surface area contributed by atoms with Gasteiger partial charge in [-0.15, -0.1) is 0 Å². The Bertz CT molecular complexity index is 879. The predicted octanol–water partition coefficient (Wildman–Crippen LogP) is 1.71. The molecule has 0 aliphatic carbocycles. The minimum Gasteiger partial charge on any atom is -0.422 e. The van der Waals surface area contributed by atoms with Gasteiger partial charge in [0.2, 0.25) is 0 Å². The van der Waals surface area contributed by atoms with Gasteiger partial charge in [-0.05, 0) is 30.7 Å². The molecule has 3 heterocycles. The Balaban J connectivity index is 2.17. The summed E-state index contributed by atoms with van der Waals surface area (Å²) < 4.78 is 6.60. The molecule has 0 atom stereocenters. The fourth-order valence-corrected chi connectivity index (χ4v) is 2.18. The van der Waals surface area contributed by atoms with E-state index in [9.17, 15) is 9.59 Å². The summed E-state index contributed by atoms with van der Waals surface area (Å²) in [7, 11) is 0. The Morgan fingerprint density at radius 2 is 2.10 bits per heavy atom. The highest BCUT2D eigenvalue weighted by Gasteiger charge is 2.09. The van der Waals surface area contributed by atoms with Crippen molar-refractivity contribution in [3.05, 3.63) is 74.8 Å². The molecule has 0 aliphatic rings. The van der Waals surface area contributed by atoms with Gasteiger partial charge >= 0.3 is 5.63 Å². The van der Waals surface area contributed by atoms with Crippen molar-refractivity contribution in [2.24, 2.45) is 0 Å². The third-order valence-corrected chi connectivity index (χ3v) is 3.12. The van der Waals surface area contributed by atoms with E-state index >= 15 is 0 Å². The molecule has 0 bridgehead atoms. The maximum Gasteiger partial charge on any atom is 0.336 e. The molecule has 0 spiro atoms. The molecule has 3 rings (SSSR count). The van der Waals surface area contributed by atoms with E-state index in [0.717, 1.165) is 5.69 Å². The van der Waals surface area contributed by atoms with E-state index in [-0.39, 0.29) is 5.56 Å². The second-order valence-electron chi connectivity index (χ2n) is 4.56. The summed E-state index contributed by atoms with van der Waals surface area (Å²) in [5.41, 5.74) is 1.10. The van der Waals surface area contributed by atoms with Crippen molar-refractivity contribution in [2.75, 3.05) is 0 Å². The number of rotatable bonds is 2. The SMILES string of the molecule is Cc1cc(=O)oc2ccn(Cc3ccccn3)c(=O)c12. The van der Waals surface area contributed by atoms with Gasteiger partial charge in [-0.25, -0.2) is 4.79 Å². The molecule has 20 heavy (non-hydrogen) atoms. The lowest BCUT2D eigenvalue weighted by Crippen LogP contribution is -2.21. The van der Waals surface area contributed by atoms with Crippen LogP contribution >= 0.6 is 0 Å². The summed E-state index contributed by atoms with van der Waals surface area (Å²) in [6, 6.07) is 8.52. The van der Waals surface area contributed by atoms with Crippen molar-refractivity contribution < 1.29 is 4.42 Å². The highest BCUT2D eigenvalue weighted by atomic mass is 16.4. The van der Waals surface area contributed by atoms with Crippen LogP contribution in [0.5, 0.6) is 0 Å². The predicted molar refractivity (Wildman–Crippen MR) is 74.8 cm³/mol. The van der Waals surface area contributed by atoms with Crippen LogP contribution in [-0.4, -0.2) is 9.55 Å². The van der Waals surface area contributed by atoms with Crippen molar-refractivity contribution in [1.82, 2.24) is 9.55 Å². The number of nitrogens with zero attached hydrogens (tertiary/aromatic N) is 2. The zero-order chi connectivity index (χ0) is 14.1. The summed E-state index contributed by atoms with van der Waals surface area (Å²) in [5.74, 6) is 0. The highest BCUT2D eigenvalue weighted by Crippen LogP contribution is 2.11. The molecule has 0 N–H and O–H groups in total. The topological polar surface area (TPSA) is 65.1 Å². The van der Waals surface area contributed by atoms with E-state index in [1.54, 1.807) is 30.0 Å². The second kappa shape index (κ2) is 4.77. The molecule has 5 nitrogen and oxygen atoms in total. The minimum absolute atomic E-state index is 0.186. The fraction of sp³-hybridized carbons (Fsp3) is 0.133. The van der Waals surface area contributed by atoms with Crippen molar-refractivity contribution in [1.29, 1.82) is 0 Å². The number of hydrogen-bond donors (Lipinski definition) is 0. The van der Waals surface area contributed by atoms with Gasteiger partial charge in [0.05, 0.1) is 17.6 Å². The van der Waals surface area contributed by atoms with Crippen LogP contribution in [0, 0.1) is 6.92 Å². The molecule has 0 aliphatic heterocycles. The first-order chi connectivity index (χ1) is 9.65. The molecule has 3 aromatic heterocycles. The second-order valence-corrected chi connectivity index (χ2v) is 4.56. The lowest BCUT2D eigenvalue weighted by Gasteiger charge is -2.07. The summed E-state index contributed by atoms with van der Waals surface area (Å²) in [5, 5.41) is 0.433. The molecule has 0 saturated heterocycles. The van der Waals surface area contributed by atoms with E-state index in [4.69, 9.17) is 4.42 Å². The summed E-state index contributed by atoms with van der Waals surface area (Å²) in [6.45, 7) is 2.11. The third-order valence-electron chi connectivity index (χ3n) is 3.12. The van der Waals surface area contributed by atoms with Crippen LogP contribution in [0.2, 0.25) is 0 Å². The summed E-state index contributed by atoms with van der Waals surface area (Å²) in [6.07, 6.45) is 3.30. The first kappa shape index (κ1) is 12.3. The molecule has 100 valence electrons. The van der Waals surface area contributed by atoms with Gasteiger partial charge < -0.3 is 8.98 Å². The Morgan fingerprint density at radius 3 is 2.85 bits per heavy atom. The average Bonchev–Trinajstić information content (AvgIpc) is 2.42. The Labute approximate surface area is 114 Å². The average molecular weight is 268 g/mol. The van der Waals surface area contributed by atoms with E-state index in [0.29, 0.717) is 23.1 Å². The number of aryl methyl sites for hydroxylation is 1. The molecule has 0 fully saturated rings. The largest absolute Gasteiger partial charge is 0.422 e. The molecule has 0 unspecified atom stereocenters. The lowest BCUT2D eigenvalue weighted by atomic mass is 10.2. The molecule has 0 aromatic carbocycles. The van der Waals surface area contributed by atoms with E-state index in [1.807, 2.05) is 18.2 Å². The first-order valence-electron chi connectivity index (χ1n) is 6.19. The fourth-order valence-electron chi connectivity index (χ4n) is 2.18. The minimum atomic E-state index is -0.447. The molecular weight excluding hydrogens is 256 g/mol. The van der Waals surface area contributed by atoms with Crippen LogP contribution < -0.4 is 11.2 Å². The van der Waals surface area contributed by atoms with E-state index in [2.05, 4.69) is 4.98 Å². The number of aromatic nitrogens is 2. The van der Waals surface area contributed by atoms with Crippen LogP contribution in [0.15, 0.2) is 56.7 Å². The van der Waals surface area contributed by atoms with E-state index in [1.165, 1.54) is 6.07 Å². The highest BCUT2D eigenvalue weighted by molar-refractivity contribution is 5.78. The van der Waals surface area contributed by atoms with Gasteiger partial charge in [0.15, 0.2) is 0 Å². The van der Waals surface area contributed by atoms with Gasteiger partial charge in [0.1, 0.15) is 5.58 Å². The van der Waals surface area contributed by atoms with E-state index < -0.39 is 5.63 Å². The number of fused-ring (bicyclic) bond motifs is 1. The maximum atomic E-state index is 12.4. The molecule has 5 heteroatoms. The van der Waals surface area contributed by atoms with Crippen LogP contribution in [0.3, 0.4) is 0 Å². The molecule has 3 aromatic rings. The van der Waals surface area contributed by atoms with Crippen molar-refractivity contribution in [3.63, 3.8) is 0 Å². The number of hydrogen-bond acceptors (Lipinski definition) is 4. The maximum absolute atomic E-state index is 12.4. The normalized spacial score (nSPS) is 10.8. The molecular formula is C15H12N2O3. The van der Waals surface area contributed by atoms with Gasteiger partial charge in [-0.1, -0.05) is 6.07 Å². The molecule has 0 amide bonds. The zero-order valence-electron chi connectivity index (χ0n) is 10.9. The Hall–Kier alpha value is -2.69. The van der Waals surface area contributed by atoms with Crippen molar-refractivity contribution in [3.8, 4) is 0 Å². The Kier molecular flexibility index (Phi) is 2.95. The first-order valence-corrected chi connectivity index (χ1v) is 6.19. The van der Waals surface area contributed by atoms with Gasteiger partial charge in [0, 0.05) is 18.5 Å². The van der Waals surface area contributed by atoms with Gasteiger partial charge in [-0.3, -0.25) is 9.78 Å². The van der Waals surface area contributed by atoms with Gasteiger partial charge in [0.25, 0.3) is 5.56 Å². The summed E-state index contributed by atoms with van der Waals surface area (Å²) in [4.78, 5) is 27.9. The molecule has 0 saturated carbocycles. The smallest absolute Gasteiger partial charge is 0.336 e. The Morgan fingerprint density at radius 1 is 1.25 bits per heavy atom. The monoisotopic (exact) mass is 268 g/mol. The van der Waals surface area contributed by atoms with Crippen molar-refractivity contribution >= 4 is 11.0 Å². The molecule has 0 radical (unpaired) electrons. The van der Waals surface area contributed by atoms with Crippen LogP contribution in [0.4, 0.5) is 0 Å². The summed E-state index contributed by atoms with van der Waals surface area (Å²) >= 11 is 0. The number of pyridine rings is 2.